The molecule has 17 heavy (non-hydrogen) atoms. The van der Waals surface area contributed by atoms with E-state index in [0.29, 0.717) is 12.0 Å². The molecule has 1 aliphatic rings. The molecule has 2 nitrogen and oxygen atoms in total. The Balaban J connectivity index is 2.04. The van der Waals surface area contributed by atoms with Gasteiger partial charge in [-0.1, -0.05) is 36.7 Å². The average Bonchev–Trinajstić information content (AvgIpc) is 2.85. The Morgan fingerprint density at radius 1 is 1.47 bits per heavy atom. The molecule has 2 atom stereocenters. The Kier molecular flexibility index (Phi) is 4.84. The van der Waals surface area contributed by atoms with Crippen molar-refractivity contribution in [1.82, 2.24) is 5.32 Å². The van der Waals surface area contributed by atoms with Gasteiger partial charge in [0.2, 0.25) is 0 Å². The molecule has 94 valence electrons. The molecule has 2 rings (SSSR count). The van der Waals surface area contributed by atoms with Crippen molar-refractivity contribution in [3.63, 3.8) is 0 Å². The van der Waals surface area contributed by atoms with Crippen molar-refractivity contribution in [2.24, 2.45) is 5.92 Å². The van der Waals surface area contributed by atoms with Crippen LogP contribution in [-0.4, -0.2) is 25.8 Å². The van der Waals surface area contributed by atoms with Crippen LogP contribution in [0.3, 0.4) is 0 Å². The molecule has 0 aromatic heterocycles. The lowest BCUT2D eigenvalue weighted by Gasteiger charge is -2.23. The van der Waals surface area contributed by atoms with Crippen molar-refractivity contribution in [1.29, 1.82) is 0 Å². The van der Waals surface area contributed by atoms with Gasteiger partial charge in [-0.25, -0.2) is 0 Å². The van der Waals surface area contributed by atoms with Crippen molar-refractivity contribution in [2.45, 2.75) is 25.8 Å². The van der Waals surface area contributed by atoms with Crippen molar-refractivity contribution >= 4 is 11.6 Å². The quantitative estimate of drug-likeness (QED) is 0.871. The zero-order valence-corrected chi connectivity index (χ0v) is 11.0. The second kappa shape index (κ2) is 6.39. The summed E-state index contributed by atoms with van der Waals surface area (Å²) in [5.74, 6) is 0.617. The summed E-state index contributed by atoms with van der Waals surface area (Å²) in [4.78, 5) is 0. The maximum Gasteiger partial charge on any atom is 0.0510 e. The first kappa shape index (κ1) is 12.9. The predicted octanol–water partition coefficient (Wildman–Crippen LogP) is 2.90. The van der Waals surface area contributed by atoms with Gasteiger partial charge in [0, 0.05) is 23.6 Å². The zero-order chi connectivity index (χ0) is 12.1. The van der Waals surface area contributed by atoms with Crippen LogP contribution >= 0.6 is 11.6 Å². The van der Waals surface area contributed by atoms with Crippen LogP contribution in [0.1, 0.15) is 18.9 Å². The van der Waals surface area contributed by atoms with Crippen LogP contribution in [0.5, 0.6) is 0 Å². The van der Waals surface area contributed by atoms with E-state index in [1.807, 2.05) is 12.1 Å². The van der Waals surface area contributed by atoms with Crippen LogP contribution < -0.4 is 5.32 Å². The molecule has 1 fully saturated rings. The summed E-state index contributed by atoms with van der Waals surface area (Å²) in [6.07, 6.45) is 2.14. The van der Waals surface area contributed by atoms with Crippen molar-refractivity contribution in [3.05, 3.63) is 34.9 Å². The van der Waals surface area contributed by atoms with Crippen LogP contribution in [0.2, 0.25) is 5.02 Å². The number of hydrogen-bond acceptors (Lipinski definition) is 2. The van der Waals surface area contributed by atoms with Gasteiger partial charge in [0.05, 0.1) is 6.61 Å². The van der Waals surface area contributed by atoms with E-state index in [9.17, 15) is 0 Å². The van der Waals surface area contributed by atoms with E-state index in [2.05, 4.69) is 24.4 Å². The Morgan fingerprint density at radius 3 is 2.94 bits per heavy atom. The molecule has 1 heterocycles. The predicted molar refractivity (Wildman–Crippen MR) is 71.5 cm³/mol. The molecule has 0 amide bonds. The smallest absolute Gasteiger partial charge is 0.0510 e. The average molecular weight is 254 g/mol. The molecule has 1 saturated heterocycles. The molecule has 1 aliphatic heterocycles. The van der Waals surface area contributed by atoms with Gasteiger partial charge in [-0.05, 0) is 31.0 Å². The van der Waals surface area contributed by atoms with E-state index in [0.717, 1.165) is 37.6 Å². The molecule has 0 radical (unpaired) electrons. The molecular weight excluding hydrogens is 234 g/mol. The highest BCUT2D eigenvalue weighted by molar-refractivity contribution is 6.31. The molecule has 0 spiro atoms. The van der Waals surface area contributed by atoms with E-state index in [4.69, 9.17) is 16.3 Å². The summed E-state index contributed by atoms with van der Waals surface area (Å²) in [6, 6.07) is 8.58. The SMILES string of the molecule is CCNC(Cc1ccccc1Cl)C1CCOC1. The lowest BCUT2D eigenvalue weighted by molar-refractivity contribution is 0.176. The van der Waals surface area contributed by atoms with Gasteiger partial charge in [0.15, 0.2) is 0 Å². The Labute approximate surface area is 108 Å². The van der Waals surface area contributed by atoms with Crippen molar-refractivity contribution in [3.8, 4) is 0 Å². The van der Waals surface area contributed by atoms with Gasteiger partial charge in [0.25, 0.3) is 0 Å². The monoisotopic (exact) mass is 253 g/mol. The second-order valence-electron chi connectivity index (χ2n) is 4.58. The first-order chi connectivity index (χ1) is 8.31. The highest BCUT2D eigenvalue weighted by atomic mass is 35.5. The van der Waals surface area contributed by atoms with Crippen LogP contribution in [0.4, 0.5) is 0 Å². The summed E-state index contributed by atoms with van der Waals surface area (Å²) in [5.41, 5.74) is 1.23. The Bertz CT molecular complexity index is 350. The summed E-state index contributed by atoms with van der Waals surface area (Å²) in [6.45, 7) is 4.91. The largest absolute Gasteiger partial charge is 0.381 e. The number of hydrogen-bond donors (Lipinski definition) is 1. The third-order valence-corrected chi connectivity index (χ3v) is 3.77. The lowest BCUT2D eigenvalue weighted by Crippen LogP contribution is -2.38. The van der Waals surface area contributed by atoms with Gasteiger partial charge >= 0.3 is 0 Å². The molecular formula is C14H20ClNO. The summed E-state index contributed by atoms with van der Waals surface area (Å²) < 4.78 is 5.48. The first-order valence-electron chi connectivity index (χ1n) is 6.35. The second-order valence-corrected chi connectivity index (χ2v) is 4.99. The number of halogens is 1. The fourth-order valence-corrected chi connectivity index (χ4v) is 2.65. The van der Waals surface area contributed by atoms with Gasteiger partial charge in [-0.15, -0.1) is 0 Å². The van der Waals surface area contributed by atoms with Crippen LogP contribution in [0, 0.1) is 5.92 Å². The summed E-state index contributed by atoms with van der Waals surface area (Å²) in [5, 5.41) is 4.43. The van der Waals surface area contributed by atoms with Gasteiger partial charge < -0.3 is 10.1 Å². The number of likely N-dealkylation sites (N-methyl/N-ethyl adjacent to an activating group) is 1. The number of ether oxygens (including phenoxy) is 1. The normalized spacial score (nSPS) is 21.6. The molecule has 0 saturated carbocycles. The molecule has 3 heteroatoms. The van der Waals surface area contributed by atoms with Crippen LogP contribution in [0.15, 0.2) is 24.3 Å². The summed E-state index contributed by atoms with van der Waals surface area (Å²) in [7, 11) is 0. The van der Waals surface area contributed by atoms with Gasteiger partial charge in [-0.3, -0.25) is 0 Å². The summed E-state index contributed by atoms with van der Waals surface area (Å²) >= 11 is 6.22. The first-order valence-corrected chi connectivity index (χ1v) is 6.73. The van der Waals surface area contributed by atoms with E-state index < -0.39 is 0 Å². The molecule has 1 N–H and O–H groups in total. The van der Waals surface area contributed by atoms with Crippen molar-refractivity contribution < 1.29 is 4.74 Å². The minimum Gasteiger partial charge on any atom is -0.381 e. The Hall–Kier alpha value is -0.570. The minimum absolute atomic E-state index is 0.474. The van der Waals surface area contributed by atoms with E-state index in [-0.39, 0.29) is 0 Å². The lowest BCUT2D eigenvalue weighted by atomic mass is 9.93. The topological polar surface area (TPSA) is 21.3 Å². The molecule has 1 aromatic carbocycles. The van der Waals surface area contributed by atoms with E-state index in [1.54, 1.807) is 0 Å². The van der Waals surface area contributed by atoms with E-state index in [1.165, 1.54) is 5.56 Å². The fraction of sp³-hybridized carbons (Fsp3) is 0.571. The van der Waals surface area contributed by atoms with Gasteiger partial charge in [0.1, 0.15) is 0 Å². The molecule has 1 aromatic rings. The Morgan fingerprint density at radius 2 is 2.29 bits per heavy atom. The maximum atomic E-state index is 6.22. The number of rotatable bonds is 5. The maximum absolute atomic E-state index is 6.22. The standard InChI is InChI=1S/C14H20ClNO/c1-2-16-14(12-7-8-17-10-12)9-11-5-3-4-6-13(11)15/h3-6,12,14,16H,2,7-10H2,1H3. The molecule has 0 bridgehead atoms. The third-order valence-electron chi connectivity index (χ3n) is 3.40. The highest BCUT2D eigenvalue weighted by Crippen LogP contribution is 2.23. The third kappa shape index (κ3) is 3.44. The van der Waals surface area contributed by atoms with E-state index >= 15 is 0 Å². The molecule has 2 unspecified atom stereocenters. The van der Waals surface area contributed by atoms with Crippen LogP contribution in [0.25, 0.3) is 0 Å². The van der Waals surface area contributed by atoms with Crippen LogP contribution in [-0.2, 0) is 11.2 Å². The van der Waals surface area contributed by atoms with Crippen molar-refractivity contribution in [2.75, 3.05) is 19.8 Å². The number of benzene rings is 1. The van der Waals surface area contributed by atoms with Gasteiger partial charge in [-0.2, -0.15) is 0 Å². The molecule has 0 aliphatic carbocycles. The number of nitrogens with one attached hydrogen (secondary N) is 1. The fourth-order valence-electron chi connectivity index (χ4n) is 2.44. The minimum atomic E-state index is 0.474. The highest BCUT2D eigenvalue weighted by Gasteiger charge is 2.25. The zero-order valence-electron chi connectivity index (χ0n) is 10.3.